The van der Waals surface area contributed by atoms with Gasteiger partial charge in [-0.2, -0.15) is 10.1 Å². The van der Waals surface area contributed by atoms with Crippen LogP contribution in [0.2, 0.25) is 0 Å². The molecule has 3 amide bonds. The third-order valence-electron chi connectivity index (χ3n) is 6.72. The SMILES string of the molecule is COc1cc(C=NN2C(=O)[C@@H]3[C@H](C2=O)[C@H]2C=C[C@H]3C2)cc([N+](=O)[O-])c1OCC(=O)Nc1ccc(F)cc1. The summed E-state index contributed by atoms with van der Waals surface area (Å²) in [5, 5.41) is 19.1. The van der Waals surface area contributed by atoms with Crippen LogP contribution in [-0.2, 0) is 14.4 Å². The van der Waals surface area contributed by atoms with E-state index in [2.05, 4.69) is 10.4 Å². The van der Waals surface area contributed by atoms with Gasteiger partial charge in [-0.25, -0.2) is 4.39 Å². The van der Waals surface area contributed by atoms with Crippen LogP contribution in [0.25, 0.3) is 0 Å². The molecule has 1 saturated carbocycles. The predicted octanol–water partition coefficient (Wildman–Crippen LogP) is 2.90. The molecule has 1 saturated heterocycles. The molecule has 12 heteroatoms. The number of carbonyl (C=O) groups excluding carboxylic acids is 3. The van der Waals surface area contributed by atoms with Gasteiger partial charge in [-0.1, -0.05) is 12.2 Å². The molecule has 0 radical (unpaired) electrons. The zero-order chi connectivity index (χ0) is 26.3. The van der Waals surface area contributed by atoms with Crippen LogP contribution in [0.4, 0.5) is 15.8 Å². The summed E-state index contributed by atoms with van der Waals surface area (Å²) < 4.78 is 23.7. The molecule has 1 aliphatic heterocycles. The van der Waals surface area contributed by atoms with Gasteiger partial charge in [0.2, 0.25) is 5.75 Å². The first-order valence-corrected chi connectivity index (χ1v) is 11.4. The van der Waals surface area contributed by atoms with Crippen LogP contribution in [0.1, 0.15) is 12.0 Å². The number of allylic oxidation sites excluding steroid dienone is 2. The van der Waals surface area contributed by atoms with Gasteiger partial charge in [0.15, 0.2) is 12.4 Å². The fourth-order valence-electron chi connectivity index (χ4n) is 5.11. The maximum Gasteiger partial charge on any atom is 0.315 e. The number of amides is 3. The van der Waals surface area contributed by atoms with E-state index >= 15 is 0 Å². The summed E-state index contributed by atoms with van der Waals surface area (Å²) >= 11 is 0. The van der Waals surface area contributed by atoms with E-state index < -0.39 is 40.8 Å². The van der Waals surface area contributed by atoms with Crippen LogP contribution in [0.3, 0.4) is 0 Å². The molecule has 2 aliphatic carbocycles. The minimum absolute atomic E-state index is 0.0320. The van der Waals surface area contributed by atoms with Crippen molar-refractivity contribution in [2.75, 3.05) is 19.0 Å². The van der Waals surface area contributed by atoms with Gasteiger partial charge in [-0.15, -0.1) is 0 Å². The van der Waals surface area contributed by atoms with E-state index in [9.17, 15) is 28.9 Å². The molecular formula is C25H21FN4O7. The highest BCUT2D eigenvalue weighted by molar-refractivity contribution is 6.06. The molecule has 37 heavy (non-hydrogen) atoms. The predicted molar refractivity (Wildman–Crippen MR) is 127 cm³/mol. The standard InChI is InChI=1S/C25H21FN4O7/c1-36-19-9-13(11-27-29-24(32)21-14-2-3-15(10-14)22(21)25(29)33)8-18(30(34)35)23(19)37-12-20(31)28-17-6-4-16(26)5-7-17/h2-9,11,14-15,21-22H,10,12H2,1H3,(H,28,31)/t14-,15-,21-,22+/m0/s1. The van der Waals surface area contributed by atoms with Gasteiger partial charge in [0, 0.05) is 17.3 Å². The van der Waals surface area contributed by atoms with Crippen LogP contribution in [0, 0.1) is 39.6 Å². The number of carbonyl (C=O) groups is 3. The minimum Gasteiger partial charge on any atom is -0.493 e. The summed E-state index contributed by atoms with van der Waals surface area (Å²) in [5.74, 6) is -2.96. The normalized spacial score (nSPS) is 23.6. The fourth-order valence-corrected chi connectivity index (χ4v) is 5.11. The summed E-state index contributed by atoms with van der Waals surface area (Å²) in [6, 6.07) is 7.56. The fraction of sp³-hybridized carbons (Fsp3) is 0.280. The first kappa shape index (κ1) is 24.1. The number of fused-ring (bicyclic) bond motifs is 5. The quantitative estimate of drug-likeness (QED) is 0.190. The van der Waals surface area contributed by atoms with Crippen molar-refractivity contribution in [1.29, 1.82) is 0 Å². The van der Waals surface area contributed by atoms with Gasteiger partial charge >= 0.3 is 5.69 Å². The number of benzene rings is 2. The largest absolute Gasteiger partial charge is 0.493 e. The Morgan fingerprint density at radius 3 is 2.43 bits per heavy atom. The average Bonchev–Trinajstić information content (AvgIpc) is 3.56. The number of hydrogen-bond donors (Lipinski definition) is 1. The second kappa shape index (κ2) is 9.45. The maximum absolute atomic E-state index is 13.0. The Morgan fingerprint density at radius 1 is 1.19 bits per heavy atom. The van der Waals surface area contributed by atoms with Gasteiger partial charge < -0.3 is 14.8 Å². The highest BCUT2D eigenvalue weighted by Crippen LogP contribution is 2.52. The van der Waals surface area contributed by atoms with E-state index in [1.165, 1.54) is 43.7 Å². The highest BCUT2D eigenvalue weighted by Gasteiger charge is 2.59. The lowest BCUT2D eigenvalue weighted by Crippen LogP contribution is -2.28. The number of nitro benzene ring substituents is 1. The van der Waals surface area contributed by atoms with Crippen LogP contribution >= 0.6 is 0 Å². The minimum atomic E-state index is -0.715. The first-order valence-electron chi connectivity index (χ1n) is 11.4. The number of rotatable bonds is 8. The lowest BCUT2D eigenvalue weighted by molar-refractivity contribution is -0.385. The Bertz CT molecular complexity index is 1330. The molecule has 0 aromatic heterocycles. The molecular weight excluding hydrogens is 487 g/mol. The van der Waals surface area contributed by atoms with Crippen molar-refractivity contribution in [3.63, 3.8) is 0 Å². The summed E-state index contributed by atoms with van der Waals surface area (Å²) in [6.45, 7) is -0.585. The van der Waals surface area contributed by atoms with E-state index in [0.29, 0.717) is 5.69 Å². The Morgan fingerprint density at radius 2 is 1.84 bits per heavy atom. The number of nitrogens with one attached hydrogen (secondary N) is 1. The van der Waals surface area contributed by atoms with Gasteiger partial charge in [0.25, 0.3) is 17.7 Å². The number of hydrogen-bond acceptors (Lipinski definition) is 8. The van der Waals surface area contributed by atoms with Crippen molar-refractivity contribution < 1.29 is 33.2 Å². The zero-order valence-corrected chi connectivity index (χ0v) is 19.5. The van der Waals surface area contributed by atoms with Crippen molar-refractivity contribution >= 4 is 35.3 Å². The van der Waals surface area contributed by atoms with Crippen LogP contribution in [0.5, 0.6) is 11.5 Å². The Labute approximate surface area is 209 Å². The number of ether oxygens (including phenoxy) is 2. The second-order valence-electron chi connectivity index (χ2n) is 8.90. The number of nitro groups is 1. The molecule has 2 aromatic rings. The molecule has 0 spiro atoms. The molecule has 2 aromatic carbocycles. The number of anilines is 1. The van der Waals surface area contributed by atoms with Crippen LogP contribution in [-0.4, -0.2) is 47.6 Å². The highest BCUT2D eigenvalue weighted by atomic mass is 19.1. The molecule has 0 unspecified atom stereocenters. The van der Waals surface area contributed by atoms with Crippen molar-refractivity contribution in [2.45, 2.75) is 6.42 Å². The van der Waals surface area contributed by atoms with E-state index in [1.54, 1.807) is 0 Å². The van der Waals surface area contributed by atoms with Gasteiger partial charge in [-0.05, 0) is 48.6 Å². The summed E-state index contributed by atoms with van der Waals surface area (Å²) in [5.41, 5.74) is 0.000879. The number of imide groups is 1. The second-order valence-corrected chi connectivity index (χ2v) is 8.90. The van der Waals surface area contributed by atoms with Gasteiger partial charge in [-0.3, -0.25) is 24.5 Å². The van der Waals surface area contributed by atoms with Crippen LogP contribution in [0.15, 0.2) is 53.7 Å². The van der Waals surface area contributed by atoms with Crippen molar-refractivity contribution in [3.05, 3.63) is 70.0 Å². The summed E-state index contributed by atoms with van der Waals surface area (Å²) in [4.78, 5) is 48.9. The summed E-state index contributed by atoms with van der Waals surface area (Å²) in [6.07, 6.45) is 5.90. The van der Waals surface area contributed by atoms with E-state index in [-0.39, 0.29) is 40.7 Å². The van der Waals surface area contributed by atoms with Crippen molar-refractivity contribution in [2.24, 2.45) is 28.8 Å². The van der Waals surface area contributed by atoms with Crippen molar-refractivity contribution in [1.82, 2.24) is 5.01 Å². The van der Waals surface area contributed by atoms with Gasteiger partial charge in [0.1, 0.15) is 5.82 Å². The topological polar surface area (TPSA) is 140 Å². The monoisotopic (exact) mass is 508 g/mol. The molecule has 5 rings (SSSR count). The molecule has 190 valence electrons. The van der Waals surface area contributed by atoms with E-state index in [0.717, 1.165) is 17.5 Å². The number of nitrogens with zero attached hydrogens (tertiary/aromatic N) is 3. The average molecular weight is 508 g/mol. The molecule has 2 bridgehead atoms. The first-order chi connectivity index (χ1) is 17.8. The number of halogens is 1. The third-order valence-corrected chi connectivity index (χ3v) is 6.72. The molecule has 4 atom stereocenters. The Balaban J connectivity index is 1.32. The molecule has 3 aliphatic rings. The zero-order valence-electron chi connectivity index (χ0n) is 19.5. The maximum atomic E-state index is 13.0. The Kier molecular flexibility index (Phi) is 6.15. The number of methoxy groups -OCH3 is 1. The number of hydrazone groups is 1. The summed E-state index contributed by atoms with van der Waals surface area (Å²) in [7, 11) is 1.27. The molecule has 11 nitrogen and oxygen atoms in total. The van der Waals surface area contributed by atoms with Gasteiger partial charge in [0.05, 0.1) is 30.1 Å². The lowest BCUT2D eigenvalue weighted by Gasteiger charge is -2.13. The molecule has 1 heterocycles. The smallest absolute Gasteiger partial charge is 0.315 e. The Hall–Kier alpha value is -4.61. The van der Waals surface area contributed by atoms with Crippen molar-refractivity contribution in [3.8, 4) is 11.5 Å². The lowest BCUT2D eigenvalue weighted by atomic mass is 9.85. The molecule has 1 N–H and O–H groups in total. The van der Waals surface area contributed by atoms with E-state index in [4.69, 9.17) is 9.47 Å². The van der Waals surface area contributed by atoms with Crippen LogP contribution < -0.4 is 14.8 Å². The third kappa shape index (κ3) is 4.41. The van der Waals surface area contributed by atoms with E-state index in [1.807, 2.05) is 12.2 Å². The molecule has 2 fully saturated rings.